The number of nitrogens with two attached hydrogens (primary N) is 1. The fraction of sp³-hybridized carbons (Fsp3) is 0.444. The van der Waals surface area contributed by atoms with Gasteiger partial charge in [-0.05, 0) is 38.2 Å². The third kappa shape index (κ3) is 3.79. The topological polar surface area (TPSA) is 68.0 Å². The quantitative estimate of drug-likeness (QED) is 0.894. The molecule has 0 bridgehead atoms. The predicted molar refractivity (Wildman–Crippen MR) is 95.6 cm³/mol. The summed E-state index contributed by atoms with van der Waals surface area (Å²) >= 11 is 1.47. The molecule has 0 aliphatic heterocycles. The Bertz CT molecular complexity index is 710. The molecule has 1 aliphatic rings. The number of aromatic nitrogens is 1. The minimum absolute atomic E-state index is 0.0221. The average molecular weight is 329 g/mol. The molecule has 1 heterocycles. The summed E-state index contributed by atoms with van der Waals surface area (Å²) in [6.07, 6.45) is 3.72. The van der Waals surface area contributed by atoms with Crippen LogP contribution >= 0.6 is 11.3 Å². The number of aryl methyl sites for hydroxylation is 2. The SMILES string of the molecule is Cc1ccc(-c2csc(NC(=O)C[C@@H]3CCC[C@H]3N)n2)c(C)c1. The lowest BCUT2D eigenvalue weighted by molar-refractivity contribution is -0.117. The van der Waals surface area contributed by atoms with Crippen LogP contribution < -0.4 is 11.1 Å². The van der Waals surface area contributed by atoms with Crippen LogP contribution in [0.4, 0.5) is 5.13 Å². The molecule has 0 unspecified atom stereocenters. The van der Waals surface area contributed by atoms with Crippen molar-refractivity contribution in [3.8, 4) is 11.3 Å². The van der Waals surface area contributed by atoms with Crippen LogP contribution in [-0.2, 0) is 4.79 Å². The van der Waals surface area contributed by atoms with Gasteiger partial charge in [-0.3, -0.25) is 4.79 Å². The van der Waals surface area contributed by atoms with E-state index < -0.39 is 0 Å². The molecule has 2 aromatic rings. The number of nitrogens with zero attached hydrogens (tertiary/aromatic N) is 1. The van der Waals surface area contributed by atoms with Gasteiger partial charge in [0.1, 0.15) is 0 Å². The summed E-state index contributed by atoms with van der Waals surface area (Å²) in [6, 6.07) is 6.49. The van der Waals surface area contributed by atoms with Gasteiger partial charge in [0.05, 0.1) is 5.69 Å². The summed E-state index contributed by atoms with van der Waals surface area (Å²) in [7, 11) is 0. The number of rotatable bonds is 4. The van der Waals surface area contributed by atoms with Crippen molar-refractivity contribution >= 4 is 22.4 Å². The van der Waals surface area contributed by atoms with Gasteiger partial charge < -0.3 is 11.1 Å². The number of amides is 1. The predicted octanol–water partition coefficient (Wildman–Crippen LogP) is 3.88. The molecule has 0 spiro atoms. The van der Waals surface area contributed by atoms with Crippen molar-refractivity contribution < 1.29 is 4.79 Å². The van der Waals surface area contributed by atoms with Gasteiger partial charge in [-0.25, -0.2) is 4.98 Å². The number of carbonyl (C=O) groups excluding carboxylic acids is 1. The lowest BCUT2D eigenvalue weighted by atomic mass is 10.00. The molecule has 0 saturated heterocycles. The number of benzene rings is 1. The van der Waals surface area contributed by atoms with Gasteiger partial charge in [0.2, 0.25) is 5.91 Å². The zero-order valence-electron chi connectivity index (χ0n) is 13.6. The lowest BCUT2D eigenvalue weighted by Gasteiger charge is -2.13. The molecule has 122 valence electrons. The van der Waals surface area contributed by atoms with E-state index in [4.69, 9.17) is 5.73 Å². The smallest absolute Gasteiger partial charge is 0.226 e. The Hall–Kier alpha value is -1.72. The van der Waals surface area contributed by atoms with Crippen LogP contribution in [0.15, 0.2) is 23.6 Å². The van der Waals surface area contributed by atoms with Gasteiger partial charge in [-0.2, -0.15) is 0 Å². The zero-order chi connectivity index (χ0) is 16.4. The summed E-state index contributed by atoms with van der Waals surface area (Å²) in [5.41, 5.74) is 10.5. The van der Waals surface area contributed by atoms with Gasteiger partial charge in [-0.1, -0.05) is 30.2 Å². The van der Waals surface area contributed by atoms with Crippen molar-refractivity contribution in [3.63, 3.8) is 0 Å². The Morgan fingerprint density at radius 3 is 2.91 bits per heavy atom. The molecule has 23 heavy (non-hydrogen) atoms. The molecule has 1 amide bonds. The second-order valence-corrected chi connectivity index (χ2v) is 7.32. The molecule has 3 N–H and O–H groups in total. The van der Waals surface area contributed by atoms with E-state index in [0.29, 0.717) is 17.5 Å². The fourth-order valence-electron chi connectivity index (χ4n) is 3.28. The minimum atomic E-state index is 0.0221. The number of anilines is 1. The maximum atomic E-state index is 12.2. The Morgan fingerprint density at radius 1 is 1.39 bits per heavy atom. The fourth-order valence-corrected chi connectivity index (χ4v) is 4.01. The lowest BCUT2D eigenvalue weighted by Crippen LogP contribution is -2.28. The Kier molecular flexibility index (Phi) is 4.78. The molecular formula is C18H23N3OS. The second-order valence-electron chi connectivity index (χ2n) is 6.46. The molecule has 1 saturated carbocycles. The molecule has 1 fully saturated rings. The summed E-state index contributed by atoms with van der Waals surface area (Å²) in [6.45, 7) is 4.17. The van der Waals surface area contributed by atoms with E-state index in [1.807, 2.05) is 5.38 Å². The van der Waals surface area contributed by atoms with Crippen LogP contribution in [0.5, 0.6) is 0 Å². The monoisotopic (exact) mass is 329 g/mol. The maximum Gasteiger partial charge on any atom is 0.226 e. The van der Waals surface area contributed by atoms with Crippen molar-refractivity contribution in [3.05, 3.63) is 34.7 Å². The normalized spacial score (nSPS) is 20.7. The van der Waals surface area contributed by atoms with Crippen LogP contribution in [0.25, 0.3) is 11.3 Å². The van der Waals surface area contributed by atoms with E-state index in [1.54, 1.807) is 0 Å². The van der Waals surface area contributed by atoms with Crippen molar-refractivity contribution in [1.82, 2.24) is 4.98 Å². The van der Waals surface area contributed by atoms with E-state index >= 15 is 0 Å². The molecule has 3 rings (SSSR count). The first-order valence-corrected chi connectivity index (χ1v) is 8.99. The first-order valence-electron chi connectivity index (χ1n) is 8.11. The van der Waals surface area contributed by atoms with E-state index in [1.165, 1.54) is 22.5 Å². The number of hydrogen-bond donors (Lipinski definition) is 2. The van der Waals surface area contributed by atoms with Crippen LogP contribution in [0, 0.1) is 19.8 Å². The Labute approximate surface area is 141 Å². The average Bonchev–Trinajstić information content (AvgIpc) is 3.09. The number of carbonyl (C=O) groups is 1. The molecule has 5 heteroatoms. The van der Waals surface area contributed by atoms with Gasteiger partial charge in [0.25, 0.3) is 0 Å². The van der Waals surface area contributed by atoms with Crippen LogP contribution in [0.1, 0.15) is 36.8 Å². The van der Waals surface area contributed by atoms with Crippen molar-refractivity contribution in [2.75, 3.05) is 5.32 Å². The van der Waals surface area contributed by atoms with Crippen LogP contribution in [0.3, 0.4) is 0 Å². The summed E-state index contributed by atoms with van der Waals surface area (Å²) < 4.78 is 0. The van der Waals surface area contributed by atoms with E-state index in [0.717, 1.165) is 30.5 Å². The van der Waals surface area contributed by atoms with Crippen molar-refractivity contribution in [2.24, 2.45) is 11.7 Å². The molecular weight excluding hydrogens is 306 g/mol. The highest BCUT2D eigenvalue weighted by atomic mass is 32.1. The van der Waals surface area contributed by atoms with Gasteiger partial charge in [-0.15, -0.1) is 11.3 Å². The number of nitrogens with one attached hydrogen (secondary N) is 1. The Morgan fingerprint density at radius 2 is 2.22 bits per heavy atom. The van der Waals surface area contributed by atoms with E-state index in [9.17, 15) is 4.79 Å². The summed E-state index contributed by atoms with van der Waals surface area (Å²) in [5.74, 6) is 0.336. The standard InChI is InChI=1S/C18H23N3OS/c1-11-6-7-14(12(2)8-11)16-10-23-18(20-16)21-17(22)9-13-4-3-5-15(13)19/h6-8,10,13,15H,3-5,9,19H2,1-2H3,(H,20,21,22)/t13-,15+/m0/s1. The largest absolute Gasteiger partial charge is 0.327 e. The summed E-state index contributed by atoms with van der Waals surface area (Å²) in [4.78, 5) is 16.7. The maximum absolute atomic E-state index is 12.2. The van der Waals surface area contributed by atoms with Crippen LogP contribution in [-0.4, -0.2) is 16.9 Å². The molecule has 2 atom stereocenters. The van der Waals surface area contributed by atoms with Crippen molar-refractivity contribution in [1.29, 1.82) is 0 Å². The minimum Gasteiger partial charge on any atom is -0.327 e. The zero-order valence-corrected chi connectivity index (χ0v) is 14.5. The molecule has 1 aromatic heterocycles. The second kappa shape index (κ2) is 6.81. The van der Waals surface area contributed by atoms with Gasteiger partial charge in [0, 0.05) is 23.4 Å². The third-order valence-electron chi connectivity index (χ3n) is 4.57. The van der Waals surface area contributed by atoms with Crippen LogP contribution in [0.2, 0.25) is 0 Å². The highest BCUT2D eigenvalue weighted by Gasteiger charge is 2.26. The first-order chi connectivity index (χ1) is 11.0. The first kappa shape index (κ1) is 16.1. The molecule has 1 aliphatic carbocycles. The number of hydrogen-bond acceptors (Lipinski definition) is 4. The number of thiazole rings is 1. The third-order valence-corrected chi connectivity index (χ3v) is 5.33. The van der Waals surface area contributed by atoms with Crippen molar-refractivity contribution in [2.45, 2.75) is 45.6 Å². The Balaban J connectivity index is 1.66. The molecule has 0 radical (unpaired) electrons. The summed E-state index contributed by atoms with van der Waals surface area (Å²) in [5, 5.41) is 5.58. The van der Waals surface area contributed by atoms with Gasteiger partial charge >= 0.3 is 0 Å². The van der Waals surface area contributed by atoms with E-state index in [2.05, 4.69) is 42.3 Å². The molecule has 1 aromatic carbocycles. The van der Waals surface area contributed by atoms with Gasteiger partial charge in [0.15, 0.2) is 5.13 Å². The highest BCUT2D eigenvalue weighted by Crippen LogP contribution is 2.30. The van der Waals surface area contributed by atoms with E-state index in [-0.39, 0.29) is 11.9 Å². The molecule has 4 nitrogen and oxygen atoms in total. The highest BCUT2D eigenvalue weighted by molar-refractivity contribution is 7.14.